The zero-order valence-electron chi connectivity index (χ0n) is 12.7. The van der Waals surface area contributed by atoms with Crippen LogP contribution in [0.3, 0.4) is 0 Å². The molecule has 0 aromatic carbocycles. The van der Waals surface area contributed by atoms with Crippen LogP contribution in [0, 0.1) is 5.41 Å². The van der Waals surface area contributed by atoms with Gasteiger partial charge >= 0.3 is 0 Å². The van der Waals surface area contributed by atoms with E-state index in [0.29, 0.717) is 25.2 Å². The van der Waals surface area contributed by atoms with E-state index in [1.807, 2.05) is 9.80 Å². The van der Waals surface area contributed by atoms with Crippen LogP contribution in [0.2, 0.25) is 0 Å². The molecule has 0 bridgehead atoms. The molecule has 3 heterocycles. The van der Waals surface area contributed by atoms with Crippen LogP contribution in [0.4, 0.5) is 0 Å². The van der Waals surface area contributed by atoms with Crippen LogP contribution in [-0.4, -0.2) is 52.8 Å². The van der Waals surface area contributed by atoms with E-state index in [0.717, 1.165) is 25.8 Å². The van der Waals surface area contributed by atoms with Crippen molar-refractivity contribution in [3.05, 3.63) is 42.7 Å². The van der Waals surface area contributed by atoms with E-state index in [-0.39, 0.29) is 17.2 Å². The van der Waals surface area contributed by atoms with Crippen molar-refractivity contribution in [2.75, 3.05) is 26.2 Å². The number of likely N-dealkylation sites (tertiary alicyclic amines) is 2. The topological polar surface area (TPSA) is 53.5 Å². The molecule has 22 heavy (non-hydrogen) atoms. The number of hydrogen-bond donors (Lipinski definition) is 0. The molecule has 1 aromatic heterocycles. The summed E-state index contributed by atoms with van der Waals surface area (Å²) in [7, 11) is 0. The van der Waals surface area contributed by atoms with Crippen LogP contribution in [0.5, 0.6) is 0 Å². The maximum atomic E-state index is 12.6. The molecule has 0 unspecified atom stereocenters. The van der Waals surface area contributed by atoms with Crippen molar-refractivity contribution in [3.63, 3.8) is 0 Å². The first-order valence-corrected chi connectivity index (χ1v) is 7.76. The number of amides is 2. The summed E-state index contributed by atoms with van der Waals surface area (Å²) in [6, 6.07) is 3.55. The van der Waals surface area contributed by atoms with Crippen molar-refractivity contribution >= 4 is 11.8 Å². The second-order valence-electron chi connectivity index (χ2n) is 6.10. The van der Waals surface area contributed by atoms with Crippen LogP contribution in [0.25, 0.3) is 0 Å². The first-order valence-electron chi connectivity index (χ1n) is 7.76. The summed E-state index contributed by atoms with van der Waals surface area (Å²) in [5, 5.41) is 0. The smallest absolute Gasteiger partial charge is 0.255 e. The summed E-state index contributed by atoms with van der Waals surface area (Å²) in [5.41, 5.74) is 0.360. The lowest BCUT2D eigenvalue weighted by Gasteiger charge is -2.37. The first-order chi connectivity index (χ1) is 10.7. The Labute approximate surface area is 130 Å². The predicted octanol–water partition coefficient (Wildman–Crippen LogP) is 1.72. The Balaban J connectivity index is 1.65. The van der Waals surface area contributed by atoms with Gasteiger partial charge in [0.25, 0.3) is 5.91 Å². The van der Waals surface area contributed by atoms with Gasteiger partial charge in [0.1, 0.15) is 0 Å². The fourth-order valence-corrected chi connectivity index (χ4v) is 3.50. The van der Waals surface area contributed by atoms with Crippen molar-refractivity contribution in [1.29, 1.82) is 0 Å². The third kappa shape index (κ3) is 2.51. The number of piperidine rings is 1. The molecular formula is C17H21N3O2. The number of carbonyl (C=O) groups excluding carboxylic acids is 2. The minimum Gasteiger partial charge on any atom is -0.339 e. The van der Waals surface area contributed by atoms with E-state index in [1.54, 1.807) is 30.6 Å². The average molecular weight is 299 g/mol. The predicted molar refractivity (Wildman–Crippen MR) is 83.2 cm³/mol. The average Bonchev–Trinajstić information content (AvgIpc) is 2.86. The van der Waals surface area contributed by atoms with Crippen LogP contribution in [0.1, 0.15) is 29.6 Å². The second kappa shape index (κ2) is 5.91. The lowest BCUT2D eigenvalue weighted by Crippen LogP contribution is -2.46. The Morgan fingerprint density at radius 2 is 2.05 bits per heavy atom. The fourth-order valence-electron chi connectivity index (χ4n) is 3.50. The summed E-state index contributed by atoms with van der Waals surface area (Å²) < 4.78 is 0. The third-order valence-corrected chi connectivity index (χ3v) is 4.87. The molecule has 2 saturated heterocycles. The molecule has 116 valence electrons. The molecule has 3 rings (SSSR count). The van der Waals surface area contributed by atoms with Gasteiger partial charge in [-0.2, -0.15) is 0 Å². The highest BCUT2D eigenvalue weighted by atomic mass is 16.2. The van der Waals surface area contributed by atoms with Crippen LogP contribution < -0.4 is 0 Å². The minimum atomic E-state index is -0.255. The Morgan fingerprint density at radius 1 is 1.32 bits per heavy atom. The molecule has 2 amide bonds. The molecular weight excluding hydrogens is 278 g/mol. The van der Waals surface area contributed by atoms with E-state index >= 15 is 0 Å². The Hall–Kier alpha value is -2.17. The third-order valence-electron chi connectivity index (χ3n) is 4.87. The van der Waals surface area contributed by atoms with Gasteiger partial charge in [-0.3, -0.25) is 14.6 Å². The van der Waals surface area contributed by atoms with E-state index < -0.39 is 0 Å². The van der Waals surface area contributed by atoms with Crippen molar-refractivity contribution in [3.8, 4) is 0 Å². The first kappa shape index (κ1) is 14.8. The number of hydrogen-bond acceptors (Lipinski definition) is 3. The lowest BCUT2D eigenvalue weighted by molar-refractivity contribution is -0.137. The van der Waals surface area contributed by atoms with Crippen molar-refractivity contribution in [1.82, 2.24) is 14.8 Å². The number of aromatic nitrogens is 1. The largest absolute Gasteiger partial charge is 0.339 e. The highest BCUT2D eigenvalue weighted by Crippen LogP contribution is 2.41. The van der Waals surface area contributed by atoms with E-state index in [1.165, 1.54) is 0 Å². The van der Waals surface area contributed by atoms with Crippen molar-refractivity contribution < 1.29 is 9.59 Å². The standard InChI is InChI=1S/C17H21N3O2/c1-2-9-20-12-7-17(16(20)22)5-10-19(11-6-17)15(21)14-4-3-8-18-13-14/h2-4,8,13H,1,5-7,9-12H2. The van der Waals surface area contributed by atoms with Gasteiger partial charge in [-0.15, -0.1) is 6.58 Å². The van der Waals surface area contributed by atoms with Gasteiger partial charge in [0.05, 0.1) is 11.0 Å². The maximum absolute atomic E-state index is 12.6. The number of nitrogens with zero attached hydrogens (tertiary/aromatic N) is 3. The Kier molecular flexibility index (Phi) is 3.96. The van der Waals surface area contributed by atoms with Crippen LogP contribution in [-0.2, 0) is 4.79 Å². The van der Waals surface area contributed by atoms with Gasteiger partial charge in [0.2, 0.25) is 5.91 Å². The second-order valence-corrected chi connectivity index (χ2v) is 6.10. The molecule has 2 aliphatic rings. The highest BCUT2D eigenvalue weighted by Gasteiger charge is 2.48. The molecule has 5 heteroatoms. The van der Waals surface area contributed by atoms with Gasteiger partial charge in [0, 0.05) is 38.6 Å². The van der Waals surface area contributed by atoms with Gasteiger partial charge in [-0.25, -0.2) is 0 Å². The minimum absolute atomic E-state index is 0.0105. The summed E-state index contributed by atoms with van der Waals surface area (Å²) in [6.45, 7) is 6.42. The van der Waals surface area contributed by atoms with Gasteiger partial charge in [-0.1, -0.05) is 6.08 Å². The molecule has 0 radical (unpaired) electrons. The summed E-state index contributed by atoms with van der Waals surface area (Å²) in [6.07, 6.45) is 7.44. The van der Waals surface area contributed by atoms with Gasteiger partial charge in [0.15, 0.2) is 0 Å². The van der Waals surface area contributed by atoms with E-state index in [9.17, 15) is 9.59 Å². The quantitative estimate of drug-likeness (QED) is 0.799. The zero-order chi connectivity index (χ0) is 15.6. The molecule has 1 spiro atoms. The van der Waals surface area contributed by atoms with Crippen molar-refractivity contribution in [2.45, 2.75) is 19.3 Å². The molecule has 2 fully saturated rings. The highest BCUT2D eigenvalue weighted by molar-refractivity contribution is 5.94. The Morgan fingerprint density at radius 3 is 2.68 bits per heavy atom. The van der Waals surface area contributed by atoms with E-state index in [4.69, 9.17) is 0 Å². The summed E-state index contributed by atoms with van der Waals surface area (Å²) in [5.74, 6) is 0.247. The summed E-state index contributed by atoms with van der Waals surface area (Å²) >= 11 is 0. The van der Waals surface area contributed by atoms with Crippen molar-refractivity contribution in [2.24, 2.45) is 5.41 Å². The van der Waals surface area contributed by atoms with E-state index in [2.05, 4.69) is 11.6 Å². The monoisotopic (exact) mass is 299 g/mol. The fraction of sp³-hybridized carbons (Fsp3) is 0.471. The lowest BCUT2D eigenvalue weighted by atomic mass is 9.77. The molecule has 2 aliphatic heterocycles. The zero-order valence-corrected chi connectivity index (χ0v) is 12.7. The van der Waals surface area contributed by atoms with Crippen LogP contribution in [0.15, 0.2) is 37.2 Å². The molecule has 0 atom stereocenters. The SMILES string of the molecule is C=CCN1CCC2(CCN(C(=O)c3cccnc3)CC2)C1=O. The van der Waals surface area contributed by atoms with Gasteiger partial charge < -0.3 is 9.80 Å². The molecule has 0 N–H and O–H groups in total. The molecule has 0 saturated carbocycles. The number of pyridine rings is 1. The normalized spacial score (nSPS) is 20.5. The summed E-state index contributed by atoms with van der Waals surface area (Å²) in [4.78, 5) is 32.7. The van der Waals surface area contributed by atoms with Gasteiger partial charge in [-0.05, 0) is 31.4 Å². The number of rotatable bonds is 3. The number of carbonyl (C=O) groups is 2. The van der Waals surface area contributed by atoms with Crippen LogP contribution >= 0.6 is 0 Å². The molecule has 1 aromatic rings. The molecule has 0 aliphatic carbocycles. The Bertz CT molecular complexity index is 577. The molecule has 5 nitrogen and oxygen atoms in total. The maximum Gasteiger partial charge on any atom is 0.255 e.